The van der Waals surface area contributed by atoms with Crippen molar-refractivity contribution in [1.29, 1.82) is 0 Å². The van der Waals surface area contributed by atoms with Gasteiger partial charge in [0.05, 0.1) is 5.69 Å². The monoisotopic (exact) mass is 302 g/mol. The third-order valence-corrected chi connectivity index (χ3v) is 5.26. The highest BCUT2D eigenvalue weighted by atomic mass is 32.2. The van der Waals surface area contributed by atoms with Crippen molar-refractivity contribution in [2.75, 3.05) is 12.3 Å². The van der Waals surface area contributed by atoms with Gasteiger partial charge in [0.15, 0.2) is 0 Å². The van der Waals surface area contributed by atoms with Crippen molar-refractivity contribution in [2.24, 2.45) is 5.92 Å². The van der Waals surface area contributed by atoms with Gasteiger partial charge in [0.25, 0.3) is 0 Å². The molecule has 0 bridgehead atoms. The van der Waals surface area contributed by atoms with Gasteiger partial charge in [-0.05, 0) is 37.0 Å². The van der Waals surface area contributed by atoms with E-state index in [0.717, 1.165) is 31.4 Å². The standard InChI is InChI=1S/C13H19FN2O3S/c14-10-5-6-11(15)13(7-10)20(18,19)16-12-4-2-1-3-9(12)8-17/h5-7,9,12,16-17H,1-4,8,15H2. The largest absolute Gasteiger partial charge is 0.398 e. The minimum atomic E-state index is -3.88. The summed E-state index contributed by atoms with van der Waals surface area (Å²) in [5.41, 5.74) is 5.62. The van der Waals surface area contributed by atoms with Crippen molar-refractivity contribution in [2.45, 2.75) is 36.6 Å². The molecule has 7 heteroatoms. The number of aliphatic hydroxyl groups is 1. The Balaban J connectivity index is 2.24. The number of nitrogens with one attached hydrogen (secondary N) is 1. The highest BCUT2D eigenvalue weighted by molar-refractivity contribution is 7.89. The van der Waals surface area contributed by atoms with E-state index in [4.69, 9.17) is 5.73 Å². The van der Waals surface area contributed by atoms with E-state index in [1.54, 1.807) is 0 Å². The first kappa shape index (κ1) is 15.2. The molecule has 0 amide bonds. The van der Waals surface area contributed by atoms with Crippen LogP contribution in [0.2, 0.25) is 0 Å². The molecule has 1 aliphatic carbocycles. The summed E-state index contributed by atoms with van der Waals surface area (Å²) in [7, 11) is -3.88. The fourth-order valence-electron chi connectivity index (χ4n) is 2.59. The van der Waals surface area contributed by atoms with Crippen LogP contribution >= 0.6 is 0 Å². The van der Waals surface area contributed by atoms with E-state index in [-0.39, 0.29) is 29.1 Å². The topological polar surface area (TPSA) is 92.4 Å². The number of sulfonamides is 1. The van der Waals surface area contributed by atoms with Gasteiger partial charge in [-0.15, -0.1) is 0 Å². The van der Waals surface area contributed by atoms with Crippen LogP contribution in [0.15, 0.2) is 23.1 Å². The van der Waals surface area contributed by atoms with Gasteiger partial charge in [0, 0.05) is 12.6 Å². The molecule has 1 fully saturated rings. The lowest BCUT2D eigenvalue weighted by molar-refractivity contribution is 0.164. The Hall–Kier alpha value is -1.18. The average molecular weight is 302 g/mol. The fraction of sp³-hybridized carbons (Fsp3) is 0.538. The minimum Gasteiger partial charge on any atom is -0.398 e. The molecule has 1 saturated carbocycles. The van der Waals surface area contributed by atoms with Gasteiger partial charge in [0.1, 0.15) is 10.7 Å². The molecule has 1 aromatic carbocycles. The number of hydrogen-bond acceptors (Lipinski definition) is 4. The van der Waals surface area contributed by atoms with Gasteiger partial charge in [0.2, 0.25) is 10.0 Å². The molecule has 2 unspecified atom stereocenters. The number of hydrogen-bond donors (Lipinski definition) is 3. The molecule has 20 heavy (non-hydrogen) atoms. The van der Waals surface area contributed by atoms with Crippen molar-refractivity contribution < 1.29 is 17.9 Å². The molecule has 0 heterocycles. The van der Waals surface area contributed by atoms with Gasteiger partial charge in [-0.3, -0.25) is 0 Å². The van der Waals surface area contributed by atoms with Crippen LogP contribution in [-0.4, -0.2) is 26.2 Å². The Kier molecular flexibility index (Phi) is 4.62. The molecule has 2 atom stereocenters. The summed E-state index contributed by atoms with van der Waals surface area (Å²) in [5.74, 6) is -0.754. The molecule has 0 radical (unpaired) electrons. The molecule has 112 valence electrons. The lowest BCUT2D eigenvalue weighted by Crippen LogP contribution is -2.43. The molecule has 5 nitrogen and oxygen atoms in total. The summed E-state index contributed by atoms with van der Waals surface area (Å²) in [6.07, 6.45) is 3.33. The summed E-state index contributed by atoms with van der Waals surface area (Å²) >= 11 is 0. The highest BCUT2D eigenvalue weighted by Crippen LogP contribution is 2.27. The first-order valence-electron chi connectivity index (χ1n) is 6.62. The maximum absolute atomic E-state index is 13.2. The predicted octanol–water partition coefficient (Wildman–Crippen LogP) is 1.24. The predicted molar refractivity (Wildman–Crippen MR) is 74.0 cm³/mol. The molecule has 0 aromatic heterocycles. The van der Waals surface area contributed by atoms with Crippen LogP contribution in [0.3, 0.4) is 0 Å². The Morgan fingerprint density at radius 2 is 2.05 bits per heavy atom. The minimum absolute atomic E-state index is 0.00950. The van der Waals surface area contributed by atoms with Gasteiger partial charge in [-0.1, -0.05) is 12.8 Å². The van der Waals surface area contributed by atoms with Crippen LogP contribution in [0, 0.1) is 11.7 Å². The van der Waals surface area contributed by atoms with Gasteiger partial charge < -0.3 is 10.8 Å². The van der Waals surface area contributed by atoms with Gasteiger partial charge >= 0.3 is 0 Å². The molecule has 0 saturated heterocycles. The zero-order valence-corrected chi connectivity index (χ0v) is 11.9. The van der Waals surface area contributed by atoms with E-state index < -0.39 is 15.8 Å². The van der Waals surface area contributed by atoms with E-state index in [9.17, 15) is 17.9 Å². The van der Waals surface area contributed by atoms with Crippen molar-refractivity contribution in [1.82, 2.24) is 4.72 Å². The summed E-state index contributed by atoms with van der Waals surface area (Å²) in [5, 5.41) is 9.31. The molecule has 0 aliphatic heterocycles. The quantitative estimate of drug-likeness (QED) is 0.730. The van der Waals surface area contributed by atoms with Crippen molar-refractivity contribution in [3.8, 4) is 0 Å². The molecule has 4 N–H and O–H groups in total. The van der Waals surface area contributed by atoms with Crippen molar-refractivity contribution >= 4 is 15.7 Å². The van der Waals surface area contributed by atoms with Gasteiger partial charge in [-0.25, -0.2) is 17.5 Å². The van der Waals surface area contributed by atoms with Crippen LogP contribution in [-0.2, 0) is 10.0 Å². The first-order chi connectivity index (χ1) is 9.44. The molecule has 1 aromatic rings. The lowest BCUT2D eigenvalue weighted by Gasteiger charge is -2.30. The second kappa shape index (κ2) is 6.07. The molecular weight excluding hydrogens is 283 g/mol. The second-order valence-electron chi connectivity index (χ2n) is 5.14. The van der Waals surface area contributed by atoms with Gasteiger partial charge in [-0.2, -0.15) is 0 Å². The second-order valence-corrected chi connectivity index (χ2v) is 6.82. The number of rotatable bonds is 4. The van der Waals surface area contributed by atoms with Crippen LogP contribution in [0.25, 0.3) is 0 Å². The maximum atomic E-state index is 13.2. The van der Waals surface area contributed by atoms with Crippen LogP contribution < -0.4 is 10.5 Å². The van der Waals surface area contributed by atoms with Crippen LogP contribution in [0.4, 0.5) is 10.1 Å². The van der Waals surface area contributed by atoms with Crippen LogP contribution in [0.5, 0.6) is 0 Å². The maximum Gasteiger partial charge on any atom is 0.242 e. The fourth-order valence-corrected chi connectivity index (χ4v) is 4.07. The number of nitrogen functional groups attached to an aromatic ring is 1. The highest BCUT2D eigenvalue weighted by Gasteiger charge is 2.30. The lowest BCUT2D eigenvalue weighted by atomic mass is 9.86. The third kappa shape index (κ3) is 3.28. The number of aliphatic hydroxyl groups excluding tert-OH is 1. The number of benzene rings is 1. The smallest absolute Gasteiger partial charge is 0.242 e. The Bertz CT molecular complexity index is 577. The average Bonchev–Trinajstić information content (AvgIpc) is 2.41. The molecule has 0 spiro atoms. The third-order valence-electron chi connectivity index (χ3n) is 3.72. The van der Waals surface area contributed by atoms with E-state index >= 15 is 0 Å². The zero-order chi connectivity index (χ0) is 14.8. The number of anilines is 1. The normalized spacial score (nSPS) is 23.7. The summed E-state index contributed by atoms with van der Waals surface area (Å²) < 4.78 is 40.3. The van der Waals surface area contributed by atoms with E-state index in [0.29, 0.717) is 6.42 Å². The zero-order valence-electron chi connectivity index (χ0n) is 11.0. The first-order valence-corrected chi connectivity index (χ1v) is 8.10. The van der Waals surface area contributed by atoms with Crippen molar-refractivity contribution in [3.63, 3.8) is 0 Å². The Morgan fingerprint density at radius 3 is 2.75 bits per heavy atom. The van der Waals surface area contributed by atoms with Crippen LogP contribution in [0.1, 0.15) is 25.7 Å². The summed E-state index contributed by atoms with van der Waals surface area (Å²) in [6, 6.07) is 2.93. The van der Waals surface area contributed by atoms with E-state index in [1.807, 2.05) is 0 Å². The van der Waals surface area contributed by atoms with E-state index in [2.05, 4.69) is 4.72 Å². The molecule has 2 rings (SSSR count). The Morgan fingerprint density at radius 1 is 1.35 bits per heavy atom. The Labute approximate surface area is 118 Å². The SMILES string of the molecule is Nc1ccc(F)cc1S(=O)(=O)NC1CCCCC1CO. The number of nitrogens with two attached hydrogens (primary N) is 1. The van der Waals surface area contributed by atoms with Crippen molar-refractivity contribution in [3.05, 3.63) is 24.0 Å². The molecular formula is C13H19FN2O3S. The molecule has 1 aliphatic rings. The number of halogens is 1. The van der Waals surface area contributed by atoms with E-state index in [1.165, 1.54) is 6.07 Å². The summed E-state index contributed by atoms with van der Waals surface area (Å²) in [6.45, 7) is -0.0637. The summed E-state index contributed by atoms with van der Waals surface area (Å²) in [4.78, 5) is -0.250.